The summed E-state index contributed by atoms with van der Waals surface area (Å²) < 4.78 is 7.78. The van der Waals surface area contributed by atoms with E-state index in [1.165, 1.54) is 27.0 Å². The molecule has 2 heterocycles. The van der Waals surface area contributed by atoms with Gasteiger partial charge in [-0.1, -0.05) is 60.7 Å². The van der Waals surface area contributed by atoms with E-state index in [2.05, 4.69) is 90.1 Å². The van der Waals surface area contributed by atoms with Crippen molar-refractivity contribution in [2.75, 3.05) is 0 Å². The van der Waals surface area contributed by atoms with Crippen molar-refractivity contribution in [1.82, 2.24) is 4.98 Å². The quantitative estimate of drug-likeness (QED) is 0.0594. The number of rotatable bonds is 6. The molecular formula is C45H36GeIrNO3-. The standard InChI is InChI=1S/C30H24GeNO.C15H12O2.Ir/c1-31(2,3)21-16-17-27-26(18-21)25(20-10-5-4-6-11-20)19-28(32-27)24-14-9-13-23-22-12-7-8-15-29(22)33-30(23)24;16-14(12-7-3-1-4-8-12)11-15(17)13-9-5-2-6-10-13;/h4-13,15-19H,1-3H3;1-11,16H;/q-1;;/b;14-11-;. The first-order valence-corrected chi connectivity index (χ1v) is 24.0. The predicted molar refractivity (Wildman–Crippen MR) is 210 cm³/mol. The SMILES string of the molecule is O=C(/C=C(\O)c1ccccc1)c1ccccc1.[CH3][Ge]([CH3])([CH3])[c]1ccc2nc(-c3[c-]ccc4c3oc3ccccc34)cc(-c3ccccc3)c2c1.[Ir]. The predicted octanol–water partition coefficient (Wildman–Crippen LogP) is 11.3. The molecule has 0 bridgehead atoms. The topological polar surface area (TPSA) is 63.3 Å². The number of carbonyl (C=O) groups is 1. The number of benzene rings is 6. The molecule has 1 radical (unpaired) electrons. The van der Waals surface area contributed by atoms with Crippen LogP contribution in [-0.2, 0) is 20.1 Å². The molecule has 6 heteroatoms. The van der Waals surface area contributed by atoms with E-state index in [0.717, 1.165) is 38.7 Å². The fraction of sp³-hybridized carbons (Fsp3) is 0.0667. The molecule has 0 aliphatic carbocycles. The van der Waals surface area contributed by atoms with Gasteiger partial charge in [-0.2, -0.15) is 0 Å². The monoisotopic (exact) mass is 905 g/mol. The third-order valence-corrected chi connectivity index (χ3v) is 13.0. The van der Waals surface area contributed by atoms with E-state index in [4.69, 9.17) is 9.40 Å². The van der Waals surface area contributed by atoms with Gasteiger partial charge in [-0.3, -0.25) is 4.79 Å². The summed E-state index contributed by atoms with van der Waals surface area (Å²) in [7, 11) is 0. The van der Waals surface area contributed by atoms with Gasteiger partial charge in [0.05, 0.1) is 0 Å². The second kappa shape index (κ2) is 15.4. The Morgan fingerprint density at radius 1 is 0.706 bits per heavy atom. The average Bonchev–Trinajstić information content (AvgIpc) is 3.54. The van der Waals surface area contributed by atoms with Gasteiger partial charge in [0.15, 0.2) is 5.78 Å². The molecule has 0 atom stereocenters. The van der Waals surface area contributed by atoms with E-state index < -0.39 is 13.3 Å². The van der Waals surface area contributed by atoms with Crippen LogP contribution in [-0.4, -0.2) is 29.1 Å². The van der Waals surface area contributed by atoms with Gasteiger partial charge >= 0.3 is 197 Å². The molecule has 0 amide bonds. The van der Waals surface area contributed by atoms with Crippen molar-refractivity contribution in [3.63, 3.8) is 0 Å². The molecule has 0 aliphatic rings. The minimum absolute atomic E-state index is 0. The summed E-state index contributed by atoms with van der Waals surface area (Å²) in [4.78, 5) is 16.9. The van der Waals surface area contributed by atoms with E-state index in [0.29, 0.717) is 11.1 Å². The van der Waals surface area contributed by atoms with Crippen molar-refractivity contribution < 1.29 is 34.4 Å². The number of para-hydroxylation sites is 1. The fourth-order valence-electron chi connectivity index (χ4n) is 6.06. The van der Waals surface area contributed by atoms with Gasteiger partial charge < -0.3 is 5.11 Å². The average molecular weight is 904 g/mol. The zero-order valence-electron chi connectivity index (χ0n) is 28.6. The zero-order chi connectivity index (χ0) is 34.7. The van der Waals surface area contributed by atoms with E-state index in [1.807, 2.05) is 48.5 Å². The number of nitrogens with zero attached hydrogens (tertiary/aromatic N) is 1. The van der Waals surface area contributed by atoms with Crippen LogP contribution in [0.4, 0.5) is 0 Å². The number of pyridine rings is 1. The Hall–Kier alpha value is -5.07. The Bertz CT molecular complexity index is 2490. The van der Waals surface area contributed by atoms with Crippen molar-refractivity contribution in [3.8, 4) is 22.4 Å². The summed E-state index contributed by atoms with van der Waals surface area (Å²) in [6, 6.07) is 53.2. The number of fused-ring (bicyclic) bond motifs is 4. The molecule has 4 nitrogen and oxygen atoms in total. The summed E-state index contributed by atoms with van der Waals surface area (Å²) in [5, 5.41) is 13.2. The number of ketones is 1. The first-order chi connectivity index (χ1) is 24.3. The number of hydrogen-bond donors (Lipinski definition) is 1. The third kappa shape index (κ3) is 7.82. The zero-order valence-corrected chi connectivity index (χ0v) is 33.0. The van der Waals surface area contributed by atoms with Gasteiger partial charge in [0.25, 0.3) is 0 Å². The molecule has 253 valence electrons. The number of aromatic nitrogens is 1. The molecule has 8 rings (SSSR count). The van der Waals surface area contributed by atoms with Crippen LogP contribution in [0, 0.1) is 6.07 Å². The number of aliphatic hydroxyl groups excluding tert-OH is 1. The Balaban J connectivity index is 0.000000211. The minimum atomic E-state index is -1.99. The summed E-state index contributed by atoms with van der Waals surface area (Å²) in [5.74, 6) is 7.08. The summed E-state index contributed by atoms with van der Waals surface area (Å²) in [6.45, 7) is 0. The third-order valence-electron chi connectivity index (χ3n) is 8.75. The first kappa shape index (κ1) is 35.7. The van der Waals surface area contributed by atoms with E-state index >= 15 is 0 Å². The van der Waals surface area contributed by atoms with Crippen LogP contribution in [0.3, 0.4) is 0 Å². The molecular weight excluding hydrogens is 867 g/mol. The van der Waals surface area contributed by atoms with E-state index in [1.54, 1.807) is 36.4 Å². The number of allylic oxidation sites excluding steroid dienone is 1. The Morgan fingerprint density at radius 2 is 1.33 bits per heavy atom. The molecule has 0 unspecified atom stereocenters. The number of carbonyl (C=O) groups excluding carboxylic acids is 1. The normalized spacial score (nSPS) is 11.5. The van der Waals surface area contributed by atoms with Gasteiger partial charge in [0.2, 0.25) is 0 Å². The summed E-state index contributed by atoms with van der Waals surface area (Å²) in [6.07, 6.45) is 1.24. The second-order valence-corrected chi connectivity index (χ2v) is 23.9. The van der Waals surface area contributed by atoms with Crippen molar-refractivity contribution in [2.45, 2.75) is 17.3 Å². The molecule has 0 saturated carbocycles. The maximum absolute atomic E-state index is 11.8. The molecule has 51 heavy (non-hydrogen) atoms. The van der Waals surface area contributed by atoms with Gasteiger partial charge in [0, 0.05) is 37.3 Å². The molecule has 1 N–H and O–H groups in total. The molecule has 0 fully saturated rings. The van der Waals surface area contributed by atoms with Crippen LogP contribution < -0.4 is 4.40 Å². The Morgan fingerprint density at radius 3 is 2.02 bits per heavy atom. The Labute approximate surface area is 314 Å². The van der Waals surface area contributed by atoms with Crippen molar-refractivity contribution in [1.29, 1.82) is 0 Å². The van der Waals surface area contributed by atoms with Gasteiger partial charge in [-0.15, -0.1) is 0 Å². The van der Waals surface area contributed by atoms with Crippen LogP contribution in [0.2, 0.25) is 17.3 Å². The van der Waals surface area contributed by atoms with Crippen molar-refractivity contribution >= 4 is 62.0 Å². The maximum atomic E-state index is 11.8. The number of hydrogen-bond acceptors (Lipinski definition) is 4. The van der Waals surface area contributed by atoms with Crippen LogP contribution in [0.5, 0.6) is 0 Å². The van der Waals surface area contributed by atoms with Crippen LogP contribution in [0.1, 0.15) is 15.9 Å². The Kier molecular flexibility index (Phi) is 10.8. The second-order valence-electron chi connectivity index (χ2n) is 13.2. The summed E-state index contributed by atoms with van der Waals surface area (Å²) >= 11 is -1.99. The van der Waals surface area contributed by atoms with Crippen molar-refractivity contribution in [3.05, 3.63) is 175 Å². The molecule has 2 aromatic heterocycles. The smallest absolute Gasteiger partial charge is 0 e. The maximum Gasteiger partial charge on any atom is 0 e. The molecule has 0 aliphatic heterocycles. The molecule has 8 aromatic rings. The minimum Gasteiger partial charge on any atom is 0 e. The number of furan rings is 1. The van der Waals surface area contributed by atoms with Gasteiger partial charge in [0.1, 0.15) is 5.76 Å². The van der Waals surface area contributed by atoms with E-state index in [9.17, 15) is 9.90 Å². The van der Waals surface area contributed by atoms with Crippen molar-refractivity contribution in [2.24, 2.45) is 0 Å². The fourth-order valence-corrected chi connectivity index (χ4v) is 8.49. The van der Waals surface area contributed by atoms with Crippen LogP contribution in [0.15, 0.2) is 162 Å². The molecule has 6 aromatic carbocycles. The largest absolute Gasteiger partial charge is 0 e. The van der Waals surface area contributed by atoms with E-state index in [-0.39, 0.29) is 31.6 Å². The first-order valence-electron chi connectivity index (χ1n) is 16.6. The number of aliphatic hydroxyl groups is 1. The van der Waals surface area contributed by atoms with Crippen LogP contribution in [0.25, 0.3) is 61.0 Å². The molecule has 0 saturated heterocycles. The van der Waals surface area contributed by atoms with Gasteiger partial charge in [-0.05, 0) is 0 Å². The summed E-state index contributed by atoms with van der Waals surface area (Å²) in [5.41, 5.74) is 8.11. The van der Waals surface area contributed by atoms with Gasteiger partial charge in [-0.25, -0.2) is 0 Å². The van der Waals surface area contributed by atoms with Crippen LogP contribution >= 0.6 is 0 Å². The molecule has 0 spiro atoms.